The highest BCUT2D eigenvalue weighted by Crippen LogP contribution is 2.23. The molecule has 0 aliphatic rings. The number of amides is 1. The molecule has 0 aliphatic heterocycles. The predicted molar refractivity (Wildman–Crippen MR) is 101 cm³/mol. The van der Waals surface area contributed by atoms with E-state index in [9.17, 15) is 9.59 Å². The highest BCUT2D eigenvalue weighted by molar-refractivity contribution is 6.42. The van der Waals surface area contributed by atoms with E-state index in [0.29, 0.717) is 27.0 Å². The second kappa shape index (κ2) is 7.89. The highest BCUT2D eigenvalue weighted by atomic mass is 35.5. The number of benzene rings is 2. The second-order valence-corrected chi connectivity index (χ2v) is 7.38. The smallest absolute Gasteiger partial charge is 0.255 e. The van der Waals surface area contributed by atoms with Crippen molar-refractivity contribution in [2.24, 2.45) is 5.41 Å². The van der Waals surface area contributed by atoms with Crippen molar-refractivity contribution in [1.29, 1.82) is 0 Å². The third kappa shape index (κ3) is 5.48. The maximum Gasteiger partial charge on any atom is 0.255 e. The van der Waals surface area contributed by atoms with Crippen LogP contribution in [0, 0.1) is 5.41 Å². The third-order valence-corrected chi connectivity index (χ3v) is 4.24. The number of halogens is 2. The number of ether oxygens (including phenoxy) is 1. The molecule has 0 heterocycles. The molecule has 132 valence electrons. The number of hydrogen-bond acceptors (Lipinski definition) is 3. The average Bonchev–Trinajstić information content (AvgIpc) is 2.55. The molecule has 1 N–H and O–H groups in total. The van der Waals surface area contributed by atoms with Gasteiger partial charge in [0, 0.05) is 16.7 Å². The van der Waals surface area contributed by atoms with Crippen LogP contribution in [0.4, 0.5) is 5.69 Å². The van der Waals surface area contributed by atoms with Gasteiger partial charge in [-0.25, -0.2) is 0 Å². The lowest BCUT2D eigenvalue weighted by Gasteiger charge is -2.16. The Morgan fingerprint density at radius 2 is 1.64 bits per heavy atom. The SMILES string of the molecule is CC(C)(C)C(=O)COc1ccc(NC(=O)c2ccc(Cl)c(Cl)c2)cc1. The summed E-state index contributed by atoms with van der Waals surface area (Å²) < 4.78 is 5.47. The summed E-state index contributed by atoms with van der Waals surface area (Å²) in [5, 5.41) is 3.47. The first kappa shape index (κ1) is 19.3. The summed E-state index contributed by atoms with van der Waals surface area (Å²) in [5.74, 6) is 0.282. The van der Waals surface area contributed by atoms with Crippen LogP contribution in [-0.2, 0) is 4.79 Å². The number of rotatable bonds is 5. The zero-order valence-corrected chi connectivity index (χ0v) is 15.7. The summed E-state index contributed by atoms with van der Waals surface area (Å²) in [4.78, 5) is 24.1. The zero-order valence-electron chi connectivity index (χ0n) is 14.2. The van der Waals surface area contributed by atoms with Crippen LogP contribution in [0.1, 0.15) is 31.1 Å². The Morgan fingerprint density at radius 3 is 2.20 bits per heavy atom. The molecular formula is C19H19Cl2NO3. The molecule has 0 fully saturated rings. The quantitative estimate of drug-likeness (QED) is 0.772. The van der Waals surface area contributed by atoms with E-state index < -0.39 is 5.41 Å². The van der Waals surface area contributed by atoms with Gasteiger partial charge in [-0.05, 0) is 42.5 Å². The Morgan fingerprint density at radius 1 is 1.00 bits per heavy atom. The number of hydrogen-bond donors (Lipinski definition) is 1. The van der Waals surface area contributed by atoms with E-state index in [-0.39, 0.29) is 18.3 Å². The van der Waals surface area contributed by atoms with Crippen LogP contribution in [0.3, 0.4) is 0 Å². The minimum Gasteiger partial charge on any atom is -0.486 e. The standard InChI is InChI=1S/C19H19Cl2NO3/c1-19(2,3)17(23)11-25-14-7-5-13(6-8-14)22-18(24)12-4-9-15(20)16(21)10-12/h4-10H,11H2,1-3H3,(H,22,24). The predicted octanol–water partition coefficient (Wildman–Crippen LogP) is 5.24. The highest BCUT2D eigenvalue weighted by Gasteiger charge is 2.21. The van der Waals surface area contributed by atoms with Crippen LogP contribution in [0.5, 0.6) is 5.75 Å². The average molecular weight is 380 g/mol. The largest absolute Gasteiger partial charge is 0.486 e. The first-order valence-electron chi connectivity index (χ1n) is 7.69. The van der Waals surface area contributed by atoms with Gasteiger partial charge >= 0.3 is 0 Å². The Kier molecular flexibility index (Phi) is 6.09. The molecule has 0 saturated carbocycles. The lowest BCUT2D eigenvalue weighted by Crippen LogP contribution is -2.26. The van der Waals surface area contributed by atoms with Crippen LogP contribution in [0.25, 0.3) is 0 Å². The van der Waals surface area contributed by atoms with Crippen molar-refractivity contribution in [3.05, 3.63) is 58.1 Å². The zero-order chi connectivity index (χ0) is 18.6. The van der Waals surface area contributed by atoms with Gasteiger partial charge in [0.1, 0.15) is 12.4 Å². The van der Waals surface area contributed by atoms with E-state index >= 15 is 0 Å². The van der Waals surface area contributed by atoms with Crippen LogP contribution in [0.15, 0.2) is 42.5 Å². The maximum atomic E-state index is 12.2. The van der Waals surface area contributed by atoms with Gasteiger partial charge in [-0.15, -0.1) is 0 Å². The molecule has 0 radical (unpaired) electrons. The topological polar surface area (TPSA) is 55.4 Å². The minimum atomic E-state index is -0.437. The Labute approximate surface area is 157 Å². The fraction of sp³-hybridized carbons (Fsp3) is 0.263. The van der Waals surface area contributed by atoms with E-state index in [1.54, 1.807) is 36.4 Å². The van der Waals surface area contributed by atoms with Gasteiger partial charge < -0.3 is 10.1 Å². The molecule has 0 spiro atoms. The Bertz CT molecular complexity index is 780. The van der Waals surface area contributed by atoms with Gasteiger partial charge in [-0.2, -0.15) is 0 Å². The van der Waals surface area contributed by atoms with Crippen LogP contribution in [0.2, 0.25) is 10.0 Å². The number of nitrogens with one attached hydrogen (secondary N) is 1. The van der Waals surface area contributed by atoms with E-state index in [4.69, 9.17) is 27.9 Å². The summed E-state index contributed by atoms with van der Waals surface area (Å²) in [6, 6.07) is 11.5. The molecule has 2 aromatic rings. The van der Waals surface area contributed by atoms with Gasteiger partial charge in [0.2, 0.25) is 0 Å². The van der Waals surface area contributed by atoms with Gasteiger partial charge in [0.25, 0.3) is 5.91 Å². The van der Waals surface area contributed by atoms with E-state index in [1.807, 2.05) is 20.8 Å². The maximum absolute atomic E-state index is 12.2. The van der Waals surface area contributed by atoms with Crippen molar-refractivity contribution in [3.8, 4) is 5.75 Å². The first-order chi connectivity index (χ1) is 11.7. The van der Waals surface area contributed by atoms with Gasteiger partial charge in [-0.3, -0.25) is 9.59 Å². The molecule has 1 amide bonds. The number of carbonyl (C=O) groups excluding carboxylic acids is 2. The van der Waals surface area contributed by atoms with Crippen molar-refractivity contribution in [1.82, 2.24) is 0 Å². The molecule has 4 nitrogen and oxygen atoms in total. The monoisotopic (exact) mass is 379 g/mol. The number of Topliss-reactive ketones (excluding diaryl/α,β-unsaturated/α-hetero) is 1. The fourth-order valence-corrected chi connectivity index (χ4v) is 2.14. The summed E-state index contributed by atoms with van der Waals surface area (Å²) >= 11 is 11.8. The third-order valence-electron chi connectivity index (χ3n) is 3.50. The summed E-state index contributed by atoms with van der Waals surface area (Å²) in [7, 11) is 0. The second-order valence-electron chi connectivity index (χ2n) is 6.57. The van der Waals surface area contributed by atoms with Crippen LogP contribution < -0.4 is 10.1 Å². The van der Waals surface area contributed by atoms with Gasteiger partial charge in [-0.1, -0.05) is 44.0 Å². The van der Waals surface area contributed by atoms with Crippen molar-refractivity contribution >= 4 is 40.6 Å². The molecule has 0 atom stereocenters. The lowest BCUT2D eigenvalue weighted by molar-refractivity contribution is -0.128. The molecule has 2 rings (SSSR count). The van der Waals surface area contributed by atoms with Crippen LogP contribution in [-0.4, -0.2) is 18.3 Å². The lowest BCUT2D eigenvalue weighted by atomic mass is 9.91. The first-order valence-corrected chi connectivity index (χ1v) is 8.45. The molecule has 6 heteroatoms. The van der Waals surface area contributed by atoms with E-state index in [2.05, 4.69) is 5.32 Å². The van der Waals surface area contributed by atoms with Crippen molar-refractivity contribution in [3.63, 3.8) is 0 Å². The summed E-state index contributed by atoms with van der Waals surface area (Å²) in [5.41, 5.74) is 0.574. The fourth-order valence-electron chi connectivity index (χ4n) is 1.84. The van der Waals surface area contributed by atoms with E-state index in [1.165, 1.54) is 6.07 Å². The molecule has 0 unspecified atom stereocenters. The minimum absolute atomic E-state index is 0.0124. The molecular weight excluding hydrogens is 361 g/mol. The molecule has 0 saturated heterocycles. The van der Waals surface area contributed by atoms with Crippen molar-refractivity contribution < 1.29 is 14.3 Å². The molecule has 0 aliphatic carbocycles. The summed E-state index contributed by atoms with van der Waals surface area (Å²) in [6.07, 6.45) is 0. The van der Waals surface area contributed by atoms with Crippen molar-refractivity contribution in [2.75, 3.05) is 11.9 Å². The van der Waals surface area contributed by atoms with E-state index in [0.717, 1.165) is 0 Å². The number of ketones is 1. The van der Waals surface area contributed by atoms with Gasteiger partial charge in [0.05, 0.1) is 10.0 Å². The van der Waals surface area contributed by atoms with Crippen LogP contribution >= 0.6 is 23.2 Å². The Hall–Kier alpha value is -2.04. The van der Waals surface area contributed by atoms with Gasteiger partial charge in [0.15, 0.2) is 5.78 Å². The molecule has 0 aromatic heterocycles. The number of anilines is 1. The molecule has 25 heavy (non-hydrogen) atoms. The normalized spacial score (nSPS) is 11.1. The molecule has 2 aromatic carbocycles. The number of carbonyl (C=O) groups is 2. The Balaban J connectivity index is 1.97. The summed E-state index contributed by atoms with van der Waals surface area (Å²) in [6.45, 7) is 5.56. The van der Waals surface area contributed by atoms with Crippen molar-refractivity contribution in [2.45, 2.75) is 20.8 Å². The molecule has 0 bridgehead atoms.